The summed E-state index contributed by atoms with van der Waals surface area (Å²) in [5.74, 6) is 0. The van der Waals surface area contributed by atoms with Gasteiger partial charge >= 0.3 is 0 Å². The van der Waals surface area contributed by atoms with Crippen molar-refractivity contribution in [1.29, 1.82) is 0 Å². The highest BCUT2D eigenvalue weighted by Crippen LogP contribution is 1.98. The van der Waals surface area contributed by atoms with Crippen molar-refractivity contribution >= 4 is 0 Å². The molecule has 0 fully saturated rings. The Morgan fingerprint density at radius 3 is 3.08 bits per heavy atom. The van der Waals surface area contributed by atoms with Crippen LogP contribution in [0.2, 0.25) is 0 Å². The summed E-state index contributed by atoms with van der Waals surface area (Å²) in [6.45, 7) is 2.19. The monoisotopic (exact) mass is 160 g/mol. The zero-order chi connectivity index (χ0) is 8.65. The molecule has 0 bridgehead atoms. The second-order valence-electron chi connectivity index (χ2n) is 2.71. The third kappa shape index (κ3) is 3.33. The van der Waals surface area contributed by atoms with Crippen molar-refractivity contribution in [3.05, 3.63) is 42.2 Å². The molecule has 0 aromatic carbocycles. The molecule has 0 aliphatic heterocycles. The van der Waals surface area contributed by atoms with Crippen molar-refractivity contribution < 1.29 is 0 Å². The lowest BCUT2D eigenvalue weighted by atomic mass is 10.2. The smallest absolute Gasteiger partial charge is 0.0705 e. The summed E-state index contributed by atoms with van der Waals surface area (Å²) in [5, 5.41) is 0. The first-order valence-electron chi connectivity index (χ1n) is 4.42. The quantitative estimate of drug-likeness (QED) is 0.617. The molecule has 0 saturated heterocycles. The van der Waals surface area contributed by atoms with E-state index in [1.807, 2.05) is 18.2 Å². The van der Waals surface area contributed by atoms with Crippen molar-refractivity contribution in [1.82, 2.24) is 4.98 Å². The van der Waals surface area contributed by atoms with E-state index >= 15 is 0 Å². The molecule has 0 atom stereocenters. The van der Waals surface area contributed by atoms with Crippen LogP contribution in [0.25, 0.3) is 0 Å². The van der Waals surface area contributed by atoms with E-state index in [1.54, 1.807) is 6.20 Å². The molecule has 0 aliphatic rings. The summed E-state index contributed by atoms with van der Waals surface area (Å²) in [5.41, 5.74) is 0.925. The van der Waals surface area contributed by atoms with E-state index in [1.165, 1.54) is 12.8 Å². The summed E-state index contributed by atoms with van der Waals surface area (Å²) in [4.78, 5) is 4.13. The maximum atomic E-state index is 4.13. The lowest BCUT2D eigenvalue weighted by Crippen LogP contribution is -1.78. The molecule has 1 aromatic rings. The van der Waals surface area contributed by atoms with Crippen molar-refractivity contribution in [3.63, 3.8) is 0 Å². The van der Waals surface area contributed by atoms with Crippen LogP contribution in [0.1, 0.15) is 31.9 Å². The Morgan fingerprint density at radius 2 is 2.42 bits per heavy atom. The number of hydrogen-bond donors (Lipinski definition) is 0. The fourth-order valence-corrected chi connectivity index (χ4v) is 0.931. The number of unbranched alkanes of at least 4 members (excludes halogenated alkanes) is 2. The minimum Gasteiger partial charge on any atom is -0.256 e. The fourth-order valence-electron chi connectivity index (χ4n) is 0.931. The van der Waals surface area contributed by atoms with Crippen molar-refractivity contribution in [2.45, 2.75) is 26.2 Å². The number of rotatable bonds is 4. The van der Waals surface area contributed by atoms with E-state index in [0.717, 1.165) is 12.1 Å². The Hall–Kier alpha value is -1.11. The predicted molar refractivity (Wildman–Crippen MR) is 50.7 cm³/mol. The molecule has 1 heterocycles. The van der Waals surface area contributed by atoms with Crippen molar-refractivity contribution in [2.24, 2.45) is 0 Å². The molecular formula is C11H14N. The van der Waals surface area contributed by atoms with Crippen LogP contribution in [0.15, 0.2) is 30.5 Å². The molecule has 0 N–H and O–H groups in total. The lowest BCUT2D eigenvalue weighted by Gasteiger charge is -1.89. The van der Waals surface area contributed by atoms with Gasteiger partial charge in [0.2, 0.25) is 0 Å². The Kier molecular flexibility index (Phi) is 4.14. The van der Waals surface area contributed by atoms with Crippen LogP contribution in [-0.2, 0) is 0 Å². The second-order valence-corrected chi connectivity index (χ2v) is 2.71. The van der Waals surface area contributed by atoms with Crippen LogP contribution in [0.5, 0.6) is 0 Å². The molecule has 0 spiro atoms. The van der Waals surface area contributed by atoms with E-state index < -0.39 is 0 Å². The highest BCUT2D eigenvalue weighted by molar-refractivity contribution is 5.11. The third-order valence-corrected chi connectivity index (χ3v) is 1.62. The highest BCUT2D eigenvalue weighted by Gasteiger charge is 1.84. The lowest BCUT2D eigenvalue weighted by molar-refractivity contribution is 0.813. The number of aromatic nitrogens is 1. The van der Waals surface area contributed by atoms with Crippen LogP contribution in [0, 0.1) is 6.08 Å². The first-order chi connectivity index (χ1) is 5.93. The molecule has 1 heteroatoms. The normalized spacial score (nSPS) is 10.8. The van der Waals surface area contributed by atoms with Gasteiger partial charge in [-0.15, -0.1) is 0 Å². The van der Waals surface area contributed by atoms with Gasteiger partial charge in [0.25, 0.3) is 0 Å². The van der Waals surface area contributed by atoms with Gasteiger partial charge < -0.3 is 0 Å². The Labute approximate surface area is 74.2 Å². The molecule has 0 unspecified atom stereocenters. The molecule has 0 aliphatic carbocycles. The number of nitrogens with zero attached hydrogens (tertiary/aromatic N) is 1. The van der Waals surface area contributed by atoms with Gasteiger partial charge in [-0.25, -0.2) is 0 Å². The fraction of sp³-hybridized carbons (Fsp3) is 0.364. The maximum absolute atomic E-state index is 4.13. The molecule has 12 heavy (non-hydrogen) atoms. The van der Waals surface area contributed by atoms with Gasteiger partial charge in [0.1, 0.15) is 0 Å². The number of pyridine rings is 1. The van der Waals surface area contributed by atoms with Gasteiger partial charge in [-0.3, -0.25) is 4.98 Å². The van der Waals surface area contributed by atoms with Crippen LogP contribution < -0.4 is 0 Å². The van der Waals surface area contributed by atoms with Crippen LogP contribution in [0.4, 0.5) is 0 Å². The zero-order valence-electron chi connectivity index (χ0n) is 7.46. The summed E-state index contributed by atoms with van der Waals surface area (Å²) in [7, 11) is 0. The Morgan fingerprint density at radius 1 is 1.50 bits per heavy atom. The summed E-state index contributed by atoms with van der Waals surface area (Å²) in [6.07, 6.45) is 10.6. The van der Waals surface area contributed by atoms with Gasteiger partial charge in [-0.2, -0.15) is 0 Å². The predicted octanol–water partition coefficient (Wildman–Crippen LogP) is 2.98. The summed E-state index contributed by atoms with van der Waals surface area (Å²) >= 11 is 0. The zero-order valence-corrected chi connectivity index (χ0v) is 7.46. The molecular weight excluding hydrogens is 146 g/mol. The molecule has 0 amide bonds. The summed E-state index contributed by atoms with van der Waals surface area (Å²) in [6, 6.07) is 5.85. The molecule has 1 radical (unpaired) electrons. The maximum Gasteiger partial charge on any atom is 0.0705 e. The Balaban J connectivity index is 2.36. The van der Waals surface area contributed by atoms with Crippen molar-refractivity contribution in [3.8, 4) is 0 Å². The number of allylic oxidation sites excluding steroid dienone is 1. The summed E-state index contributed by atoms with van der Waals surface area (Å²) < 4.78 is 0. The molecule has 1 nitrogen and oxygen atoms in total. The van der Waals surface area contributed by atoms with Crippen LogP contribution in [0.3, 0.4) is 0 Å². The molecule has 63 valence electrons. The first-order valence-corrected chi connectivity index (χ1v) is 4.42. The standard InChI is InChI=1S/C11H14N/c1-2-3-4-5-8-11-9-6-7-10-12-11/h5-7,9-10H,2-4H2,1H3. The van der Waals surface area contributed by atoms with E-state index in [4.69, 9.17) is 0 Å². The van der Waals surface area contributed by atoms with Gasteiger partial charge in [0.05, 0.1) is 5.69 Å². The minimum atomic E-state index is 0.925. The molecule has 1 aromatic heterocycles. The van der Waals surface area contributed by atoms with Gasteiger partial charge in [0.15, 0.2) is 0 Å². The Bertz CT molecular complexity index is 226. The second kappa shape index (κ2) is 5.53. The topological polar surface area (TPSA) is 12.9 Å². The van der Waals surface area contributed by atoms with E-state index in [9.17, 15) is 0 Å². The molecule has 1 rings (SSSR count). The van der Waals surface area contributed by atoms with E-state index in [0.29, 0.717) is 0 Å². The average molecular weight is 160 g/mol. The highest BCUT2D eigenvalue weighted by atomic mass is 14.6. The average Bonchev–Trinajstić information content (AvgIpc) is 2.14. The van der Waals surface area contributed by atoms with Crippen LogP contribution >= 0.6 is 0 Å². The first kappa shape index (κ1) is 8.98. The van der Waals surface area contributed by atoms with Crippen LogP contribution in [-0.4, -0.2) is 4.98 Å². The molecule has 0 saturated carbocycles. The van der Waals surface area contributed by atoms with E-state index in [2.05, 4.69) is 24.1 Å². The number of hydrogen-bond acceptors (Lipinski definition) is 1. The largest absolute Gasteiger partial charge is 0.256 e. The SMILES string of the molecule is CCCC/C=[C]\c1ccccn1. The van der Waals surface area contributed by atoms with Gasteiger partial charge in [0, 0.05) is 12.3 Å². The van der Waals surface area contributed by atoms with Crippen molar-refractivity contribution in [2.75, 3.05) is 0 Å². The third-order valence-electron chi connectivity index (χ3n) is 1.62. The van der Waals surface area contributed by atoms with E-state index in [-0.39, 0.29) is 0 Å². The minimum absolute atomic E-state index is 0.925. The van der Waals surface area contributed by atoms with Gasteiger partial charge in [-0.1, -0.05) is 31.9 Å². The van der Waals surface area contributed by atoms with Gasteiger partial charge in [-0.05, 0) is 18.6 Å².